The number of allylic oxidation sites excluding steroid dienone is 12. The molecule has 26 heavy (non-hydrogen) atoms. The summed E-state index contributed by atoms with van der Waals surface area (Å²) in [5, 5.41) is 0. The quantitative estimate of drug-likeness (QED) is 0.490. The van der Waals surface area contributed by atoms with Crippen LogP contribution in [-0.4, -0.2) is 6.21 Å². The summed E-state index contributed by atoms with van der Waals surface area (Å²) in [6, 6.07) is 10.7. The average Bonchev–Trinajstić information content (AvgIpc) is 3.13. The maximum absolute atomic E-state index is 4.52. The van der Waals surface area contributed by atoms with Crippen LogP contribution in [0, 0.1) is 6.08 Å². The number of nitrogens with zero attached hydrogens (tertiary/aromatic N) is 1. The third-order valence-corrected chi connectivity index (χ3v) is 4.79. The zero-order chi connectivity index (χ0) is 15.9. The molecule has 0 amide bonds. The monoisotopic (exact) mass is 458 g/mol. The van der Waals surface area contributed by atoms with Gasteiger partial charge in [0.25, 0.3) is 0 Å². The molecule has 1 aliphatic heterocycles. The van der Waals surface area contributed by atoms with Gasteiger partial charge in [-0.15, -0.1) is 48.6 Å². The van der Waals surface area contributed by atoms with Crippen LogP contribution in [0.3, 0.4) is 0 Å². The van der Waals surface area contributed by atoms with Crippen LogP contribution < -0.4 is 0 Å². The van der Waals surface area contributed by atoms with Crippen molar-refractivity contribution in [2.24, 2.45) is 4.99 Å². The molecule has 0 saturated heterocycles. The van der Waals surface area contributed by atoms with Crippen LogP contribution >= 0.6 is 24.8 Å². The van der Waals surface area contributed by atoms with E-state index in [1.165, 1.54) is 27.9 Å². The van der Waals surface area contributed by atoms with Crippen LogP contribution in [0.15, 0.2) is 99.8 Å². The molecule has 2 aliphatic carbocycles. The largest absolute Gasteiger partial charge is 0.262 e. The van der Waals surface area contributed by atoms with Crippen LogP contribution in [0.1, 0.15) is 19.4 Å². The van der Waals surface area contributed by atoms with E-state index in [1.807, 2.05) is 12.3 Å². The Morgan fingerprint density at radius 3 is 2.38 bits per heavy atom. The van der Waals surface area contributed by atoms with E-state index in [-0.39, 0.29) is 56.4 Å². The Hall–Kier alpha value is -1.21. The predicted molar refractivity (Wildman–Crippen MR) is 111 cm³/mol. The Balaban J connectivity index is 0.00000113. The van der Waals surface area contributed by atoms with E-state index in [2.05, 4.69) is 85.6 Å². The molecule has 0 radical (unpaired) electrons. The standard InChI is InChI=1S/C22H18N.2ClH.Zr/c1-16-13-14-23-17(2)15-22(16,19-8-4-3-5-9-19)21-12-11-18-7-6-10-20(18)21;;;/h3-6,8-15H,1-2H3;2*1H;/q-1;;;. The van der Waals surface area contributed by atoms with E-state index in [1.54, 1.807) is 0 Å². The second-order valence-electron chi connectivity index (χ2n) is 6.14. The van der Waals surface area contributed by atoms with Crippen LogP contribution in [0.25, 0.3) is 0 Å². The molecule has 0 bridgehead atoms. The number of hydrogen-bond donors (Lipinski definition) is 0. The van der Waals surface area contributed by atoms with Crippen molar-refractivity contribution in [1.82, 2.24) is 0 Å². The molecule has 4 heteroatoms. The van der Waals surface area contributed by atoms with Crippen molar-refractivity contribution in [1.29, 1.82) is 0 Å². The van der Waals surface area contributed by atoms with Crippen LogP contribution in [0.4, 0.5) is 0 Å². The van der Waals surface area contributed by atoms with Crippen molar-refractivity contribution < 1.29 is 26.2 Å². The molecule has 1 aromatic rings. The molecule has 1 aromatic carbocycles. The van der Waals surface area contributed by atoms with Crippen LogP contribution in [-0.2, 0) is 31.6 Å². The second-order valence-corrected chi connectivity index (χ2v) is 6.14. The molecule has 0 N–H and O–H groups in total. The van der Waals surface area contributed by atoms with Gasteiger partial charge in [-0.1, -0.05) is 41.5 Å². The zero-order valence-corrected chi connectivity index (χ0v) is 18.8. The van der Waals surface area contributed by atoms with Crippen molar-refractivity contribution in [3.63, 3.8) is 0 Å². The first-order valence-corrected chi connectivity index (χ1v) is 7.91. The van der Waals surface area contributed by atoms with Gasteiger partial charge in [0.1, 0.15) is 0 Å². The summed E-state index contributed by atoms with van der Waals surface area (Å²) in [6.07, 6.45) is 18.2. The molecule has 0 spiro atoms. The second kappa shape index (κ2) is 9.13. The third-order valence-electron chi connectivity index (χ3n) is 4.79. The molecule has 132 valence electrons. The maximum Gasteiger partial charge on any atom is 0.0519 e. The maximum atomic E-state index is 4.52. The Bertz CT molecular complexity index is 886. The van der Waals surface area contributed by atoms with Gasteiger partial charge in [-0.25, -0.2) is 0 Å². The van der Waals surface area contributed by atoms with Gasteiger partial charge >= 0.3 is 0 Å². The van der Waals surface area contributed by atoms with E-state index in [0.29, 0.717) is 0 Å². The molecular formula is C22H20Cl2NZr-. The fraction of sp³-hybridized carbons (Fsp3) is 0.136. The van der Waals surface area contributed by atoms with Gasteiger partial charge < -0.3 is 0 Å². The Kier molecular flexibility index (Phi) is 8.02. The average molecular weight is 461 g/mol. The van der Waals surface area contributed by atoms with Gasteiger partial charge in [-0.2, -0.15) is 17.7 Å². The van der Waals surface area contributed by atoms with Gasteiger partial charge in [0.05, 0.1) is 5.41 Å². The summed E-state index contributed by atoms with van der Waals surface area (Å²) in [5.41, 5.74) is 7.05. The third kappa shape index (κ3) is 3.61. The van der Waals surface area contributed by atoms with Crippen molar-refractivity contribution in [2.75, 3.05) is 0 Å². The van der Waals surface area contributed by atoms with Gasteiger partial charge in [-0.3, -0.25) is 4.99 Å². The van der Waals surface area contributed by atoms with E-state index in [4.69, 9.17) is 0 Å². The summed E-state index contributed by atoms with van der Waals surface area (Å²) in [5.74, 6) is 0. The number of hydrogen-bond acceptors (Lipinski definition) is 1. The molecule has 0 saturated carbocycles. The normalized spacial score (nSPS) is 22.3. The molecule has 1 nitrogen and oxygen atoms in total. The molecule has 0 fully saturated rings. The van der Waals surface area contributed by atoms with Crippen LogP contribution in [0.2, 0.25) is 0 Å². The van der Waals surface area contributed by atoms with Gasteiger partial charge in [0, 0.05) is 38.1 Å². The summed E-state index contributed by atoms with van der Waals surface area (Å²) in [4.78, 5) is 4.52. The molecular weight excluding hydrogens is 440 g/mol. The predicted octanol–water partition coefficient (Wildman–Crippen LogP) is 5.87. The van der Waals surface area contributed by atoms with Gasteiger partial charge in [0.15, 0.2) is 0 Å². The Morgan fingerprint density at radius 2 is 1.65 bits per heavy atom. The van der Waals surface area contributed by atoms with Gasteiger partial charge in [-0.05, 0) is 31.6 Å². The van der Waals surface area contributed by atoms with E-state index >= 15 is 0 Å². The summed E-state index contributed by atoms with van der Waals surface area (Å²) in [6.45, 7) is 4.26. The molecule has 1 heterocycles. The van der Waals surface area contributed by atoms with E-state index in [9.17, 15) is 0 Å². The summed E-state index contributed by atoms with van der Waals surface area (Å²) < 4.78 is 0. The van der Waals surface area contributed by atoms with Crippen molar-refractivity contribution >= 4 is 31.0 Å². The minimum atomic E-state index is -0.286. The molecule has 1 unspecified atom stereocenters. The van der Waals surface area contributed by atoms with Crippen molar-refractivity contribution in [3.8, 4) is 0 Å². The first-order valence-electron chi connectivity index (χ1n) is 7.91. The van der Waals surface area contributed by atoms with Crippen molar-refractivity contribution in [2.45, 2.75) is 19.3 Å². The molecule has 1 atom stereocenters. The zero-order valence-electron chi connectivity index (χ0n) is 14.7. The SMILES string of the molecule is CC1=CC(C2=CC=C3[C-]=CC=C32)(c2ccccc2)C(C)=CC=N1.Cl.Cl.[Zr]. The van der Waals surface area contributed by atoms with Crippen molar-refractivity contribution in [3.05, 3.63) is 106 Å². The number of halogens is 2. The number of fused-ring (bicyclic) bond motifs is 1. The first-order chi connectivity index (χ1) is 11.2. The molecule has 3 aliphatic rings. The van der Waals surface area contributed by atoms with E-state index < -0.39 is 0 Å². The topological polar surface area (TPSA) is 12.4 Å². The van der Waals surface area contributed by atoms with Crippen LogP contribution in [0.5, 0.6) is 0 Å². The number of rotatable bonds is 2. The Labute approximate surface area is 187 Å². The first kappa shape index (κ1) is 22.8. The molecule has 0 aromatic heterocycles. The summed E-state index contributed by atoms with van der Waals surface area (Å²) >= 11 is 0. The minimum Gasteiger partial charge on any atom is -0.262 e. The minimum absolute atomic E-state index is 0. The number of benzene rings is 1. The number of aliphatic imine (C=N–C) groups is 1. The summed E-state index contributed by atoms with van der Waals surface area (Å²) in [7, 11) is 0. The molecule has 4 rings (SSSR count). The Morgan fingerprint density at radius 1 is 0.923 bits per heavy atom. The fourth-order valence-corrected chi connectivity index (χ4v) is 3.68. The fourth-order valence-electron chi connectivity index (χ4n) is 3.68. The van der Waals surface area contributed by atoms with Gasteiger partial charge in [0.2, 0.25) is 0 Å². The van der Waals surface area contributed by atoms with E-state index in [0.717, 1.165) is 5.70 Å². The smallest absolute Gasteiger partial charge is 0.0519 e.